The van der Waals surface area contributed by atoms with E-state index >= 15 is 0 Å². The summed E-state index contributed by atoms with van der Waals surface area (Å²) >= 11 is 0. The van der Waals surface area contributed by atoms with E-state index in [0.717, 1.165) is 12.8 Å². The van der Waals surface area contributed by atoms with Gasteiger partial charge in [-0.3, -0.25) is 9.59 Å². The molecule has 1 amide bonds. The van der Waals surface area contributed by atoms with Crippen LogP contribution in [0.15, 0.2) is 24.3 Å². The number of ketones is 1. The SMILES string of the molecule is CCCc1ccc(C(=O)CCC(=O)NCC(C)NC)cc1. The summed E-state index contributed by atoms with van der Waals surface area (Å²) < 4.78 is 0. The summed E-state index contributed by atoms with van der Waals surface area (Å²) in [6.45, 7) is 4.70. The van der Waals surface area contributed by atoms with Crippen LogP contribution in [0.25, 0.3) is 0 Å². The van der Waals surface area contributed by atoms with Crippen molar-refractivity contribution in [2.75, 3.05) is 13.6 Å². The molecule has 21 heavy (non-hydrogen) atoms. The minimum Gasteiger partial charge on any atom is -0.355 e. The van der Waals surface area contributed by atoms with Gasteiger partial charge in [0.1, 0.15) is 0 Å². The predicted molar refractivity (Wildman–Crippen MR) is 85.5 cm³/mol. The van der Waals surface area contributed by atoms with Crippen LogP contribution < -0.4 is 10.6 Å². The molecule has 0 bridgehead atoms. The Labute approximate surface area is 127 Å². The monoisotopic (exact) mass is 290 g/mol. The number of hydrogen-bond acceptors (Lipinski definition) is 3. The summed E-state index contributed by atoms with van der Waals surface area (Å²) in [5.74, 6) is -0.0529. The Hall–Kier alpha value is -1.68. The average Bonchev–Trinajstić information content (AvgIpc) is 2.51. The molecule has 0 radical (unpaired) electrons. The van der Waals surface area contributed by atoms with Gasteiger partial charge in [0, 0.05) is 31.0 Å². The van der Waals surface area contributed by atoms with Crippen molar-refractivity contribution in [3.63, 3.8) is 0 Å². The normalized spacial score (nSPS) is 12.0. The molecule has 0 aliphatic heterocycles. The second kappa shape index (κ2) is 9.29. The Morgan fingerprint density at radius 2 is 1.81 bits per heavy atom. The summed E-state index contributed by atoms with van der Waals surface area (Å²) in [5, 5.41) is 5.86. The topological polar surface area (TPSA) is 58.2 Å². The molecule has 2 N–H and O–H groups in total. The fourth-order valence-corrected chi connectivity index (χ4v) is 1.97. The second-order valence-corrected chi connectivity index (χ2v) is 5.36. The van der Waals surface area contributed by atoms with Gasteiger partial charge in [-0.05, 0) is 26.0 Å². The summed E-state index contributed by atoms with van der Waals surface area (Å²) in [6, 6.07) is 7.93. The smallest absolute Gasteiger partial charge is 0.220 e. The molecule has 4 heteroatoms. The molecule has 0 spiro atoms. The Bertz CT molecular complexity index is 454. The van der Waals surface area contributed by atoms with Crippen LogP contribution in [0.4, 0.5) is 0 Å². The van der Waals surface area contributed by atoms with Crippen molar-refractivity contribution in [2.24, 2.45) is 0 Å². The first-order valence-electron chi connectivity index (χ1n) is 7.63. The molecule has 1 rings (SSSR count). The molecule has 0 aliphatic carbocycles. The number of Topliss-reactive ketones (excluding diaryl/α,β-unsaturated/α-hetero) is 1. The van der Waals surface area contributed by atoms with Gasteiger partial charge in [-0.2, -0.15) is 0 Å². The maximum atomic E-state index is 12.0. The third-order valence-electron chi connectivity index (χ3n) is 3.49. The van der Waals surface area contributed by atoms with Crippen molar-refractivity contribution in [1.82, 2.24) is 10.6 Å². The third kappa shape index (κ3) is 6.54. The number of likely N-dealkylation sites (N-methyl/N-ethyl adjacent to an activating group) is 1. The van der Waals surface area contributed by atoms with Crippen molar-refractivity contribution in [2.45, 2.75) is 45.6 Å². The van der Waals surface area contributed by atoms with Crippen LogP contribution in [0.1, 0.15) is 49.0 Å². The Morgan fingerprint density at radius 1 is 1.14 bits per heavy atom. The summed E-state index contributed by atoms with van der Waals surface area (Å²) in [7, 11) is 1.85. The molecule has 0 fully saturated rings. The van der Waals surface area contributed by atoms with Gasteiger partial charge < -0.3 is 10.6 Å². The van der Waals surface area contributed by atoms with Gasteiger partial charge in [-0.25, -0.2) is 0 Å². The molecule has 0 aromatic heterocycles. The van der Waals surface area contributed by atoms with E-state index in [2.05, 4.69) is 17.6 Å². The number of hydrogen-bond donors (Lipinski definition) is 2. The Kier molecular flexibility index (Phi) is 7.69. The molecular weight excluding hydrogens is 264 g/mol. The number of amides is 1. The first-order valence-corrected chi connectivity index (χ1v) is 7.63. The quantitative estimate of drug-likeness (QED) is 0.686. The third-order valence-corrected chi connectivity index (χ3v) is 3.49. The molecule has 0 saturated carbocycles. The van der Waals surface area contributed by atoms with Crippen LogP contribution in [0.5, 0.6) is 0 Å². The van der Waals surface area contributed by atoms with Crippen LogP contribution in [-0.4, -0.2) is 31.3 Å². The van der Waals surface area contributed by atoms with Crippen LogP contribution in [0.2, 0.25) is 0 Å². The van der Waals surface area contributed by atoms with Gasteiger partial charge >= 0.3 is 0 Å². The fourth-order valence-electron chi connectivity index (χ4n) is 1.97. The number of benzene rings is 1. The van der Waals surface area contributed by atoms with E-state index in [1.54, 1.807) is 0 Å². The molecule has 1 unspecified atom stereocenters. The average molecular weight is 290 g/mol. The Balaban J connectivity index is 2.37. The molecule has 0 aliphatic rings. The zero-order valence-corrected chi connectivity index (χ0v) is 13.2. The van der Waals surface area contributed by atoms with Crippen LogP contribution >= 0.6 is 0 Å². The second-order valence-electron chi connectivity index (χ2n) is 5.36. The molecule has 1 aromatic carbocycles. The van der Waals surface area contributed by atoms with Crippen LogP contribution in [0, 0.1) is 0 Å². The number of aryl methyl sites for hydroxylation is 1. The molecule has 1 atom stereocenters. The summed E-state index contributed by atoms with van der Waals surface area (Å²) in [4.78, 5) is 23.7. The zero-order valence-electron chi connectivity index (χ0n) is 13.2. The highest BCUT2D eigenvalue weighted by atomic mass is 16.2. The number of nitrogens with one attached hydrogen (secondary N) is 2. The maximum absolute atomic E-state index is 12.0. The first kappa shape index (κ1) is 17.4. The van der Waals surface area contributed by atoms with Crippen LogP contribution in [0.3, 0.4) is 0 Å². The number of carbonyl (C=O) groups is 2. The van der Waals surface area contributed by atoms with Gasteiger partial charge in [0.05, 0.1) is 0 Å². The lowest BCUT2D eigenvalue weighted by Gasteiger charge is -2.11. The van der Waals surface area contributed by atoms with E-state index in [-0.39, 0.29) is 30.6 Å². The maximum Gasteiger partial charge on any atom is 0.220 e. The lowest BCUT2D eigenvalue weighted by atomic mass is 10.0. The summed E-state index contributed by atoms with van der Waals surface area (Å²) in [6.07, 6.45) is 2.62. The molecule has 0 saturated heterocycles. The molecule has 1 aromatic rings. The van der Waals surface area contributed by atoms with Gasteiger partial charge in [0.25, 0.3) is 0 Å². The zero-order chi connectivity index (χ0) is 15.7. The van der Waals surface area contributed by atoms with E-state index in [4.69, 9.17) is 0 Å². The number of rotatable bonds is 9. The summed E-state index contributed by atoms with van der Waals surface area (Å²) in [5.41, 5.74) is 1.93. The first-order chi connectivity index (χ1) is 10.1. The minimum atomic E-state index is -0.0759. The molecule has 116 valence electrons. The highest BCUT2D eigenvalue weighted by molar-refractivity contribution is 5.97. The van der Waals surface area contributed by atoms with Gasteiger partial charge in [-0.15, -0.1) is 0 Å². The largest absolute Gasteiger partial charge is 0.355 e. The van der Waals surface area contributed by atoms with Gasteiger partial charge in [0.2, 0.25) is 5.91 Å². The predicted octanol–water partition coefficient (Wildman–Crippen LogP) is 2.33. The van der Waals surface area contributed by atoms with Gasteiger partial charge in [0.15, 0.2) is 5.78 Å². The highest BCUT2D eigenvalue weighted by Gasteiger charge is 2.10. The van der Waals surface area contributed by atoms with E-state index in [0.29, 0.717) is 12.1 Å². The molecule has 0 heterocycles. The Morgan fingerprint density at radius 3 is 2.38 bits per heavy atom. The van der Waals surface area contributed by atoms with E-state index in [1.807, 2.05) is 38.2 Å². The highest BCUT2D eigenvalue weighted by Crippen LogP contribution is 2.09. The number of carbonyl (C=O) groups excluding carboxylic acids is 2. The molecule has 4 nitrogen and oxygen atoms in total. The fraction of sp³-hybridized carbons (Fsp3) is 0.529. The standard InChI is InChI=1S/C17H26N2O2/c1-4-5-14-6-8-15(9-7-14)16(20)10-11-17(21)19-12-13(2)18-3/h6-9,13,18H,4-5,10-12H2,1-3H3,(H,19,21). The van der Waals surface area contributed by atoms with Crippen LogP contribution in [-0.2, 0) is 11.2 Å². The van der Waals surface area contributed by atoms with Crippen molar-refractivity contribution < 1.29 is 9.59 Å². The van der Waals surface area contributed by atoms with Crippen molar-refractivity contribution in [3.8, 4) is 0 Å². The van der Waals surface area contributed by atoms with E-state index < -0.39 is 0 Å². The molecular formula is C17H26N2O2. The van der Waals surface area contributed by atoms with Crippen molar-refractivity contribution in [1.29, 1.82) is 0 Å². The minimum absolute atomic E-state index is 0.0230. The van der Waals surface area contributed by atoms with Gasteiger partial charge in [-0.1, -0.05) is 37.6 Å². The van der Waals surface area contributed by atoms with E-state index in [1.165, 1.54) is 5.56 Å². The van der Waals surface area contributed by atoms with Crippen molar-refractivity contribution in [3.05, 3.63) is 35.4 Å². The van der Waals surface area contributed by atoms with E-state index in [9.17, 15) is 9.59 Å². The lowest BCUT2D eigenvalue weighted by molar-refractivity contribution is -0.121. The van der Waals surface area contributed by atoms with Crippen molar-refractivity contribution >= 4 is 11.7 Å². The lowest BCUT2D eigenvalue weighted by Crippen LogP contribution is -2.37.